The standard InChI is InChI=1S/C28H23Cl2N3O4S/c29-23-8-6-9-24(17-23)33(38(35,36)26-10-2-1-3-11-26)19-28(34)32-31-18-21-13-15-25(16-14-21)37-20-22-7-4-5-12-27(22)30/h1-18H,19-20H2,(H,32,34)/b31-18-. The van der Waals surface area contributed by atoms with Crippen LogP contribution >= 0.6 is 23.2 Å². The van der Waals surface area contributed by atoms with Gasteiger partial charge in [0, 0.05) is 15.6 Å². The van der Waals surface area contributed by atoms with Crippen molar-refractivity contribution in [2.45, 2.75) is 11.5 Å². The second-order valence-electron chi connectivity index (χ2n) is 8.05. The monoisotopic (exact) mass is 567 g/mol. The number of nitrogens with zero attached hydrogens (tertiary/aromatic N) is 2. The van der Waals surface area contributed by atoms with E-state index in [0.717, 1.165) is 9.87 Å². The quantitative estimate of drug-likeness (QED) is 0.190. The van der Waals surface area contributed by atoms with Gasteiger partial charge in [-0.3, -0.25) is 9.10 Å². The lowest BCUT2D eigenvalue weighted by atomic mass is 10.2. The minimum atomic E-state index is -4.04. The Morgan fingerprint density at radius 1 is 0.895 bits per heavy atom. The molecule has 0 aliphatic heterocycles. The number of ether oxygens (including phenoxy) is 1. The molecule has 7 nitrogen and oxygen atoms in total. The number of carbonyl (C=O) groups is 1. The number of rotatable bonds is 10. The van der Waals surface area contributed by atoms with Gasteiger partial charge in [0.05, 0.1) is 16.8 Å². The van der Waals surface area contributed by atoms with Crippen molar-refractivity contribution >= 4 is 51.0 Å². The Hall–Kier alpha value is -3.85. The topological polar surface area (TPSA) is 88.1 Å². The summed E-state index contributed by atoms with van der Waals surface area (Å²) in [7, 11) is -4.04. The molecule has 0 fully saturated rings. The molecule has 0 aromatic heterocycles. The van der Waals surface area contributed by atoms with Gasteiger partial charge in [0.1, 0.15) is 18.9 Å². The summed E-state index contributed by atoms with van der Waals surface area (Å²) >= 11 is 12.2. The summed E-state index contributed by atoms with van der Waals surface area (Å²) in [6.45, 7) is -0.165. The minimum Gasteiger partial charge on any atom is -0.489 e. The van der Waals surface area contributed by atoms with Crippen LogP contribution in [0.1, 0.15) is 11.1 Å². The number of benzene rings is 4. The van der Waals surface area contributed by atoms with E-state index < -0.39 is 22.5 Å². The molecule has 194 valence electrons. The van der Waals surface area contributed by atoms with Gasteiger partial charge in [-0.15, -0.1) is 0 Å². The molecule has 38 heavy (non-hydrogen) atoms. The Morgan fingerprint density at radius 3 is 2.32 bits per heavy atom. The van der Waals surface area contributed by atoms with Crippen LogP contribution in [0.3, 0.4) is 0 Å². The van der Waals surface area contributed by atoms with Crippen LogP contribution in [0.5, 0.6) is 5.75 Å². The lowest BCUT2D eigenvalue weighted by Gasteiger charge is -2.23. The van der Waals surface area contributed by atoms with Crippen LogP contribution in [-0.4, -0.2) is 27.1 Å². The molecule has 0 aliphatic carbocycles. The summed E-state index contributed by atoms with van der Waals surface area (Å²) in [6, 6.07) is 28.7. The molecule has 0 spiro atoms. The van der Waals surface area contributed by atoms with Crippen molar-refractivity contribution in [1.29, 1.82) is 0 Å². The summed E-state index contributed by atoms with van der Waals surface area (Å²) in [5, 5.41) is 4.94. The molecule has 1 N–H and O–H groups in total. The highest BCUT2D eigenvalue weighted by Crippen LogP contribution is 2.26. The van der Waals surface area contributed by atoms with Crippen LogP contribution in [0, 0.1) is 0 Å². The third kappa shape index (κ3) is 7.13. The lowest BCUT2D eigenvalue weighted by Crippen LogP contribution is -2.39. The first-order chi connectivity index (χ1) is 18.3. The largest absolute Gasteiger partial charge is 0.489 e. The Bertz CT molecular complexity index is 1530. The van der Waals surface area contributed by atoms with E-state index >= 15 is 0 Å². The van der Waals surface area contributed by atoms with Crippen LogP contribution in [0.2, 0.25) is 10.0 Å². The van der Waals surface area contributed by atoms with Gasteiger partial charge in [-0.25, -0.2) is 13.8 Å². The van der Waals surface area contributed by atoms with E-state index in [0.29, 0.717) is 28.0 Å². The molecule has 4 aromatic carbocycles. The number of amides is 1. The van der Waals surface area contributed by atoms with Crippen molar-refractivity contribution < 1.29 is 17.9 Å². The van der Waals surface area contributed by atoms with Gasteiger partial charge >= 0.3 is 0 Å². The first-order valence-electron chi connectivity index (χ1n) is 11.4. The number of nitrogens with one attached hydrogen (secondary N) is 1. The summed E-state index contributed by atoms with van der Waals surface area (Å²) in [4.78, 5) is 12.7. The van der Waals surface area contributed by atoms with Crippen LogP contribution in [0.25, 0.3) is 0 Å². The minimum absolute atomic E-state index is 0.0492. The number of hydrogen-bond donors (Lipinski definition) is 1. The van der Waals surface area contributed by atoms with Crippen molar-refractivity contribution in [1.82, 2.24) is 5.43 Å². The van der Waals surface area contributed by atoms with Crippen molar-refractivity contribution in [2.24, 2.45) is 5.10 Å². The smallest absolute Gasteiger partial charge is 0.264 e. The molecule has 4 rings (SSSR count). The van der Waals surface area contributed by atoms with Crippen LogP contribution in [0.15, 0.2) is 113 Å². The zero-order valence-electron chi connectivity index (χ0n) is 20.0. The van der Waals surface area contributed by atoms with Crippen LogP contribution < -0.4 is 14.5 Å². The third-order valence-electron chi connectivity index (χ3n) is 5.35. The highest BCUT2D eigenvalue weighted by molar-refractivity contribution is 7.92. The molecule has 0 heterocycles. The normalized spacial score (nSPS) is 11.3. The highest BCUT2D eigenvalue weighted by Gasteiger charge is 2.27. The van der Waals surface area contributed by atoms with Crippen molar-refractivity contribution in [3.63, 3.8) is 0 Å². The van der Waals surface area contributed by atoms with Gasteiger partial charge in [-0.05, 0) is 66.2 Å². The first-order valence-corrected chi connectivity index (χ1v) is 13.6. The molecule has 0 bridgehead atoms. The summed E-state index contributed by atoms with van der Waals surface area (Å²) in [6.07, 6.45) is 1.45. The van der Waals surface area contributed by atoms with Gasteiger partial charge in [0.2, 0.25) is 0 Å². The van der Waals surface area contributed by atoms with Gasteiger partial charge in [0.15, 0.2) is 0 Å². The summed E-state index contributed by atoms with van der Waals surface area (Å²) in [5.41, 5.74) is 4.23. The maximum absolute atomic E-state index is 13.3. The Labute approximate surface area is 231 Å². The number of sulfonamides is 1. The van der Waals surface area contributed by atoms with Crippen LogP contribution in [0.4, 0.5) is 5.69 Å². The van der Waals surface area contributed by atoms with Crippen LogP contribution in [-0.2, 0) is 21.4 Å². The third-order valence-corrected chi connectivity index (χ3v) is 7.74. The highest BCUT2D eigenvalue weighted by atomic mass is 35.5. The second-order valence-corrected chi connectivity index (χ2v) is 10.8. The van der Waals surface area contributed by atoms with Gasteiger partial charge in [-0.1, -0.05) is 65.7 Å². The van der Waals surface area contributed by atoms with E-state index in [4.69, 9.17) is 27.9 Å². The molecule has 0 atom stereocenters. The van der Waals surface area contributed by atoms with E-state index in [1.54, 1.807) is 66.7 Å². The van der Waals surface area contributed by atoms with Crippen molar-refractivity contribution in [3.05, 3.63) is 124 Å². The zero-order valence-corrected chi connectivity index (χ0v) is 22.3. The maximum atomic E-state index is 13.3. The van der Waals surface area contributed by atoms with E-state index in [9.17, 15) is 13.2 Å². The van der Waals surface area contributed by atoms with E-state index in [1.165, 1.54) is 24.4 Å². The Balaban J connectivity index is 1.40. The molecule has 0 unspecified atom stereocenters. The average molecular weight is 568 g/mol. The maximum Gasteiger partial charge on any atom is 0.264 e. The SMILES string of the molecule is O=C(CN(c1cccc(Cl)c1)S(=O)(=O)c1ccccc1)N/N=C\c1ccc(OCc2ccccc2Cl)cc1. The molecule has 0 saturated heterocycles. The summed E-state index contributed by atoms with van der Waals surface area (Å²) in [5.74, 6) is 0.0230. The molecular formula is C28H23Cl2N3O4S. The van der Waals surface area contributed by atoms with Gasteiger partial charge in [-0.2, -0.15) is 5.10 Å². The fourth-order valence-corrected chi connectivity index (χ4v) is 5.25. The Kier molecular flexibility index (Phi) is 9.02. The van der Waals surface area contributed by atoms with E-state index in [1.807, 2.05) is 18.2 Å². The summed E-state index contributed by atoms with van der Waals surface area (Å²) < 4.78 is 33.4. The average Bonchev–Trinajstić information content (AvgIpc) is 2.92. The fourth-order valence-electron chi connectivity index (χ4n) is 3.44. The second kappa shape index (κ2) is 12.6. The Morgan fingerprint density at radius 2 is 1.61 bits per heavy atom. The number of halogens is 2. The first kappa shape index (κ1) is 27.2. The van der Waals surface area contributed by atoms with E-state index in [2.05, 4.69) is 10.5 Å². The fraction of sp³-hybridized carbons (Fsp3) is 0.0714. The molecule has 0 saturated carbocycles. The number of hydrogen-bond acceptors (Lipinski definition) is 5. The molecule has 1 amide bonds. The predicted octanol–water partition coefficient (Wildman–Crippen LogP) is 5.92. The number of hydrazone groups is 1. The molecule has 0 aliphatic rings. The van der Waals surface area contributed by atoms with Crippen molar-refractivity contribution in [2.75, 3.05) is 10.8 Å². The predicted molar refractivity (Wildman–Crippen MR) is 150 cm³/mol. The molecule has 0 radical (unpaired) electrons. The molecule has 10 heteroatoms. The number of carbonyl (C=O) groups excluding carboxylic acids is 1. The van der Waals surface area contributed by atoms with Gasteiger partial charge < -0.3 is 4.74 Å². The van der Waals surface area contributed by atoms with E-state index in [-0.39, 0.29) is 10.6 Å². The zero-order chi connectivity index (χ0) is 27.0. The van der Waals surface area contributed by atoms with Gasteiger partial charge in [0.25, 0.3) is 15.9 Å². The molecule has 4 aromatic rings. The number of anilines is 1. The lowest BCUT2D eigenvalue weighted by molar-refractivity contribution is -0.119. The van der Waals surface area contributed by atoms with Crippen molar-refractivity contribution in [3.8, 4) is 5.75 Å². The molecular weight excluding hydrogens is 545 g/mol.